The summed E-state index contributed by atoms with van der Waals surface area (Å²) < 4.78 is 0. The van der Waals surface area contributed by atoms with Gasteiger partial charge in [-0.1, -0.05) is 20.8 Å². The van der Waals surface area contributed by atoms with E-state index < -0.39 is 0 Å². The van der Waals surface area contributed by atoms with E-state index in [1.54, 1.807) is 11.3 Å². The Morgan fingerprint density at radius 2 is 2.05 bits per heavy atom. The van der Waals surface area contributed by atoms with Crippen LogP contribution in [0.1, 0.15) is 51.7 Å². The Balaban J connectivity index is 2.44. The first kappa shape index (κ1) is 16.6. The maximum Gasteiger partial charge on any atom is 0.107 e. The zero-order valence-electron chi connectivity index (χ0n) is 13.1. The van der Waals surface area contributed by atoms with Crippen molar-refractivity contribution in [3.05, 3.63) is 16.1 Å². The average Bonchev–Trinajstić information content (AvgIpc) is 2.75. The van der Waals surface area contributed by atoms with Gasteiger partial charge in [0.1, 0.15) is 5.01 Å². The van der Waals surface area contributed by atoms with Gasteiger partial charge in [0.05, 0.1) is 5.69 Å². The number of hydrogen-bond acceptors (Lipinski definition) is 4. The first-order chi connectivity index (χ1) is 9.02. The summed E-state index contributed by atoms with van der Waals surface area (Å²) >= 11 is 1.77. The highest BCUT2D eigenvalue weighted by atomic mass is 32.1. The van der Waals surface area contributed by atoms with E-state index in [9.17, 15) is 0 Å². The molecule has 0 aliphatic rings. The summed E-state index contributed by atoms with van der Waals surface area (Å²) in [6.07, 6.45) is 1.20. The van der Waals surface area contributed by atoms with E-state index in [0.717, 1.165) is 26.2 Å². The molecule has 0 aliphatic heterocycles. The van der Waals surface area contributed by atoms with E-state index in [-0.39, 0.29) is 0 Å². The monoisotopic (exact) mass is 283 g/mol. The fourth-order valence-electron chi connectivity index (χ4n) is 1.99. The Hall–Kier alpha value is -0.450. The summed E-state index contributed by atoms with van der Waals surface area (Å²) in [4.78, 5) is 7.21. The molecule has 1 aromatic rings. The normalized spacial score (nSPS) is 12.0. The molecular weight excluding hydrogens is 254 g/mol. The van der Waals surface area contributed by atoms with Crippen molar-refractivity contribution in [3.8, 4) is 0 Å². The molecule has 0 aromatic carbocycles. The molecular formula is C15H29N3S. The van der Waals surface area contributed by atoms with Crippen LogP contribution in [-0.4, -0.2) is 29.0 Å². The number of nitrogens with one attached hydrogen (secondary N) is 1. The first-order valence-electron chi connectivity index (χ1n) is 7.41. The molecule has 3 nitrogen and oxygen atoms in total. The predicted molar refractivity (Wildman–Crippen MR) is 84.5 cm³/mol. The van der Waals surface area contributed by atoms with Gasteiger partial charge < -0.3 is 5.32 Å². The second-order valence-electron chi connectivity index (χ2n) is 5.82. The second-order valence-corrected chi connectivity index (χ2v) is 6.76. The first-order valence-corrected chi connectivity index (χ1v) is 8.28. The lowest BCUT2D eigenvalue weighted by Gasteiger charge is -2.24. The fourth-order valence-corrected chi connectivity index (χ4v) is 2.74. The molecule has 1 N–H and O–H groups in total. The highest BCUT2D eigenvalue weighted by Crippen LogP contribution is 2.13. The minimum atomic E-state index is 0.587. The smallest absolute Gasteiger partial charge is 0.107 e. The van der Waals surface area contributed by atoms with Crippen LogP contribution in [-0.2, 0) is 13.1 Å². The standard InChI is InChI=1S/C15H29N3S/c1-6-7-18(13(4)5)10-14-11-19-15(17-14)9-16-8-12(2)3/h11-13,16H,6-10H2,1-5H3. The Morgan fingerprint density at radius 3 is 2.63 bits per heavy atom. The van der Waals surface area contributed by atoms with Gasteiger partial charge in [0.2, 0.25) is 0 Å². The third-order valence-corrected chi connectivity index (χ3v) is 3.93. The zero-order chi connectivity index (χ0) is 14.3. The van der Waals surface area contributed by atoms with Gasteiger partial charge in [-0.2, -0.15) is 0 Å². The third-order valence-electron chi connectivity index (χ3n) is 3.03. The van der Waals surface area contributed by atoms with Gasteiger partial charge in [-0.15, -0.1) is 11.3 Å². The maximum atomic E-state index is 4.73. The minimum Gasteiger partial charge on any atom is -0.310 e. The van der Waals surface area contributed by atoms with Gasteiger partial charge in [-0.25, -0.2) is 4.98 Å². The molecule has 0 amide bonds. The molecule has 0 saturated heterocycles. The lowest BCUT2D eigenvalue weighted by Crippen LogP contribution is -2.31. The second kappa shape index (κ2) is 8.67. The van der Waals surface area contributed by atoms with Crippen LogP contribution in [0, 0.1) is 5.92 Å². The molecule has 0 bridgehead atoms. The van der Waals surface area contributed by atoms with Crippen LogP contribution in [0.3, 0.4) is 0 Å². The predicted octanol–water partition coefficient (Wildman–Crippen LogP) is 3.51. The van der Waals surface area contributed by atoms with Gasteiger partial charge in [0.15, 0.2) is 0 Å². The van der Waals surface area contributed by atoms with Crippen molar-refractivity contribution in [1.82, 2.24) is 15.2 Å². The highest BCUT2D eigenvalue weighted by Gasteiger charge is 2.11. The van der Waals surface area contributed by atoms with E-state index in [2.05, 4.69) is 50.2 Å². The van der Waals surface area contributed by atoms with E-state index >= 15 is 0 Å². The molecule has 1 heterocycles. The summed E-state index contributed by atoms with van der Waals surface area (Å²) in [6.45, 7) is 15.3. The fraction of sp³-hybridized carbons (Fsp3) is 0.800. The van der Waals surface area contributed by atoms with Crippen molar-refractivity contribution >= 4 is 11.3 Å². The Morgan fingerprint density at radius 1 is 1.32 bits per heavy atom. The van der Waals surface area contributed by atoms with Crippen molar-refractivity contribution in [2.75, 3.05) is 13.1 Å². The van der Waals surface area contributed by atoms with Crippen LogP contribution in [0.15, 0.2) is 5.38 Å². The molecule has 0 aliphatic carbocycles. The molecule has 1 rings (SSSR count). The minimum absolute atomic E-state index is 0.587. The Bertz CT molecular complexity index is 347. The molecule has 110 valence electrons. The molecule has 0 unspecified atom stereocenters. The Labute approximate surface area is 122 Å². The molecule has 1 aromatic heterocycles. The summed E-state index contributed by atoms with van der Waals surface area (Å²) in [5.41, 5.74) is 1.22. The molecule has 0 fully saturated rings. The Kier molecular flexibility index (Phi) is 7.57. The summed E-state index contributed by atoms with van der Waals surface area (Å²) in [7, 11) is 0. The largest absolute Gasteiger partial charge is 0.310 e. The molecule has 0 radical (unpaired) electrons. The molecule has 19 heavy (non-hydrogen) atoms. The molecule has 0 atom stereocenters. The van der Waals surface area contributed by atoms with Gasteiger partial charge in [0, 0.05) is 24.5 Å². The maximum absolute atomic E-state index is 4.73. The van der Waals surface area contributed by atoms with Crippen LogP contribution in [0.4, 0.5) is 0 Å². The van der Waals surface area contributed by atoms with Gasteiger partial charge >= 0.3 is 0 Å². The van der Waals surface area contributed by atoms with Crippen LogP contribution >= 0.6 is 11.3 Å². The quantitative estimate of drug-likeness (QED) is 0.752. The van der Waals surface area contributed by atoms with E-state index in [1.807, 2.05) is 0 Å². The van der Waals surface area contributed by atoms with Crippen molar-refractivity contribution in [3.63, 3.8) is 0 Å². The SMILES string of the molecule is CCCN(Cc1csc(CNCC(C)C)n1)C(C)C. The topological polar surface area (TPSA) is 28.2 Å². The number of hydrogen-bond donors (Lipinski definition) is 1. The molecule has 4 heteroatoms. The van der Waals surface area contributed by atoms with Crippen molar-refractivity contribution in [2.45, 2.75) is 60.2 Å². The number of rotatable bonds is 9. The summed E-state index contributed by atoms with van der Waals surface area (Å²) in [5, 5.41) is 6.86. The zero-order valence-corrected chi connectivity index (χ0v) is 13.9. The van der Waals surface area contributed by atoms with Crippen molar-refractivity contribution in [1.29, 1.82) is 0 Å². The summed E-state index contributed by atoms with van der Waals surface area (Å²) in [5.74, 6) is 0.695. The van der Waals surface area contributed by atoms with Crippen molar-refractivity contribution in [2.24, 2.45) is 5.92 Å². The molecule has 0 saturated carbocycles. The lowest BCUT2D eigenvalue weighted by molar-refractivity contribution is 0.211. The van der Waals surface area contributed by atoms with Crippen LogP contribution in [0.5, 0.6) is 0 Å². The van der Waals surface area contributed by atoms with Crippen LogP contribution in [0.2, 0.25) is 0 Å². The van der Waals surface area contributed by atoms with Crippen LogP contribution < -0.4 is 5.32 Å². The van der Waals surface area contributed by atoms with E-state index in [1.165, 1.54) is 17.1 Å². The van der Waals surface area contributed by atoms with Gasteiger partial charge in [-0.05, 0) is 39.3 Å². The number of nitrogens with zero attached hydrogens (tertiary/aromatic N) is 2. The van der Waals surface area contributed by atoms with Gasteiger partial charge in [-0.3, -0.25) is 4.90 Å². The summed E-state index contributed by atoms with van der Waals surface area (Å²) in [6, 6.07) is 0.587. The molecule has 0 spiro atoms. The van der Waals surface area contributed by atoms with Gasteiger partial charge in [0.25, 0.3) is 0 Å². The lowest BCUT2D eigenvalue weighted by atomic mass is 10.2. The number of thiazole rings is 1. The van der Waals surface area contributed by atoms with Crippen LogP contribution in [0.25, 0.3) is 0 Å². The highest BCUT2D eigenvalue weighted by molar-refractivity contribution is 7.09. The van der Waals surface area contributed by atoms with E-state index in [4.69, 9.17) is 4.98 Å². The average molecular weight is 283 g/mol. The van der Waals surface area contributed by atoms with E-state index in [0.29, 0.717) is 12.0 Å². The van der Waals surface area contributed by atoms with Crippen molar-refractivity contribution < 1.29 is 0 Å². The third kappa shape index (κ3) is 6.50. The number of aromatic nitrogens is 1.